The second kappa shape index (κ2) is 10.0. The van der Waals surface area contributed by atoms with Crippen LogP contribution >= 0.6 is 0 Å². The number of benzene rings is 3. The molecule has 0 atom stereocenters. The van der Waals surface area contributed by atoms with E-state index in [0.29, 0.717) is 28.9 Å². The first-order valence-electron chi connectivity index (χ1n) is 10.9. The van der Waals surface area contributed by atoms with Crippen LogP contribution in [0.1, 0.15) is 21.5 Å². The maximum atomic E-state index is 12.9. The first-order valence-corrected chi connectivity index (χ1v) is 10.9. The zero-order valence-electron chi connectivity index (χ0n) is 18.9. The van der Waals surface area contributed by atoms with E-state index in [-0.39, 0.29) is 19.0 Å². The monoisotopic (exact) mass is 455 g/mol. The molecule has 1 aromatic heterocycles. The van der Waals surface area contributed by atoms with Crippen LogP contribution in [0.3, 0.4) is 0 Å². The number of para-hydroxylation sites is 3. The van der Waals surface area contributed by atoms with E-state index in [0.717, 1.165) is 11.1 Å². The third-order valence-corrected chi connectivity index (χ3v) is 5.64. The van der Waals surface area contributed by atoms with E-state index in [1.54, 1.807) is 37.5 Å². The van der Waals surface area contributed by atoms with Gasteiger partial charge in [0.05, 0.1) is 24.7 Å². The molecule has 4 aromatic rings. The Hall–Kier alpha value is -4.39. The van der Waals surface area contributed by atoms with Crippen molar-refractivity contribution in [2.75, 3.05) is 7.11 Å². The molecule has 1 heterocycles. The number of methoxy groups -OCH3 is 1. The molecule has 0 spiro atoms. The number of hydrogen-bond donors (Lipinski definition) is 1. The summed E-state index contributed by atoms with van der Waals surface area (Å²) in [5, 5.41) is 2.89. The van der Waals surface area contributed by atoms with Crippen molar-refractivity contribution in [1.29, 1.82) is 0 Å². The smallest absolute Gasteiger partial charge is 0.317 e. The molecule has 0 bridgehead atoms. The summed E-state index contributed by atoms with van der Waals surface area (Å²) in [6.07, 6.45) is 1.59. The molecule has 0 fully saturated rings. The van der Waals surface area contributed by atoms with E-state index < -0.39 is 11.1 Å². The normalized spacial score (nSPS) is 10.7. The van der Waals surface area contributed by atoms with Crippen LogP contribution in [0.15, 0.2) is 95.0 Å². The van der Waals surface area contributed by atoms with Crippen LogP contribution in [0.25, 0.3) is 11.0 Å². The highest BCUT2D eigenvalue weighted by molar-refractivity contribution is 5.94. The first kappa shape index (κ1) is 22.8. The standard InChI is InChI=1S/C27H25N3O4/c1-3-16-29-22-9-5-6-10-23(22)30(27(33)26(29)32)18-19-12-14-20(15-13-19)25(31)28-17-21-8-4-7-11-24(21)34-2/h3-15H,1,16-18H2,2H3,(H,28,31). The third kappa shape index (κ3) is 4.54. The zero-order valence-corrected chi connectivity index (χ0v) is 18.9. The molecule has 34 heavy (non-hydrogen) atoms. The van der Waals surface area contributed by atoms with Crippen molar-refractivity contribution in [3.05, 3.63) is 123 Å². The molecule has 1 amide bonds. The lowest BCUT2D eigenvalue weighted by Gasteiger charge is -2.14. The number of carbonyl (C=O) groups is 1. The highest BCUT2D eigenvalue weighted by Gasteiger charge is 2.13. The van der Waals surface area contributed by atoms with Gasteiger partial charge in [0.25, 0.3) is 5.91 Å². The predicted octanol–water partition coefficient (Wildman–Crippen LogP) is 3.34. The molecule has 0 aliphatic carbocycles. The van der Waals surface area contributed by atoms with Crippen LogP contribution < -0.4 is 21.2 Å². The molecule has 0 radical (unpaired) electrons. The van der Waals surface area contributed by atoms with Crippen molar-refractivity contribution < 1.29 is 9.53 Å². The fourth-order valence-corrected chi connectivity index (χ4v) is 3.91. The molecule has 7 nitrogen and oxygen atoms in total. The molecular formula is C27H25N3O4. The van der Waals surface area contributed by atoms with E-state index in [1.807, 2.05) is 48.5 Å². The Morgan fingerprint density at radius 3 is 2.21 bits per heavy atom. The number of hydrogen-bond acceptors (Lipinski definition) is 4. The van der Waals surface area contributed by atoms with Gasteiger partial charge in [0.1, 0.15) is 5.75 Å². The summed E-state index contributed by atoms with van der Waals surface area (Å²) in [6.45, 7) is 4.49. The van der Waals surface area contributed by atoms with Crippen molar-refractivity contribution >= 4 is 16.9 Å². The SMILES string of the molecule is C=CCn1c(=O)c(=O)n(Cc2ccc(C(=O)NCc3ccccc3OC)cc2)c2ccccc21. The quantitative estimate of drug-likeness (QED) is 0.326. The minimum atomic E-state index is -0.598. The van der Waals surface area contributed by atoms with Gasteiger partial charge in [0, 0.05) is 24.2 Å². The average Bonchev–Trinajstić information content (AvgIpc) is 2.88. The Morgan fingerprint density at radius 2 is 1.53 bits per heavy atom. The molecule has 0 aliphatic rings. The summed E-state index contributed by atoms with van der Waals surface area (Å²) in [6, 6.07) is 21.8. The number of aromatic nitrogens is 2. The van der Waals surface area contributed by atoms with Crippen LogP contribution in [0.2, 0.25) is 0 Å². The number of nitrogens with zero attached hydrogens (tertiary/aromatic N) is 2. The molecule has 3 aromatic carbocycles. The lowest BCUT2D eigenvalue weighted by molar-refractivity contribution is 0.0950. The second-order valence-electron chi connectivity index (χ2n) is 7.78. The van der Waals surface area contributed by atoms with Gasteiger partial charge in [-0.2, -0.15) is 0 Å². The molecule has 0 unspecified atom stereocenters. The van der Waals surface area contributed by atoms with E-state index >= 15 is 0 Å². The van der Waals surface area contributed by atoms with Gasteiger partial charge < -0.3 is 10.1 Å². The Labute approximate surface area is 196 Å². The number of nitrogens with one attached hydrogen (secondary N) is 1. The summed E-state index contributed by atoms with van der Waals surface area (Å²) >= 11 is 0. The average molecular weight is 456 g/mol. The van der Waals surface area contributed by atoms with Crippen molar-refractivity contribution in [3.63, 3.8) is 0 Å². The number of fused-ring (bicyclic) bond motifs is 1. The van der Waals surface area contributed by atoms with E-state index in [9.17, 15) is 14.4 Å². The highest BCUT2D eigenvalue weighted by Crippen LogP contribution is 2.17. The van der Waals surface area contributed by atoms with E-state index in [4.69, 9.17) is 4.74 Å². The molecule has 172 valence electrons. The van der Waals surface area contributed by atoms with Gasteiger partial charge in [-0.15, -0.1) is 6.58 Å². The summed E-state index contributed by atoms with van der Waals surface area (Å²) in [5.74, 6) is 0.498. The summed E-state index contributed by atoms with van der Waals surface area (Å²) in [7, 11) is 1.59. The van der Waals surface area contributed by atoms with Crippen LogP contribution in [-0.4, -0.2) is 22.2 Å². The lowest BCUT2D eigenvalue weighted by atomic mass is 10.1. The summed E-state index contributed by atoms with van der Waals surface area (Å²) in [4.78, 5) is 38.1. The number of amides is 1. The van der Waals surface area contributed by atoms with Gasteiger partial charge in [-0.25, -0.2) is 0 Å². The van der Waals surface area contributed by atoms with Gasteiger partial charge in [0.2, 0.25) is 0 Å². The maximum Gasteiger partial charge on any atom is 0.317 e. The van der Waals surface area contributed by atoms with Gasteiger partial charge in [0.15, 0.2) is 0 Å². The predicted molar refractivity (Wildman–Crippen MR) is 132 cm³/mol. The number of ether oxygens (including phenoxy) is 1. The van der Waals surface area contributed by atoms with Gasteiger partial charge in [-0.05, 0) is 35.9 Å². The van der Waals surface area contributed by atoms with Gasteiger partial charge in [-0.1, -0.05) is 48.5 Å². The van der Waals surface area contributed by atoms with Crippen LogP contribution in [0.4, 0.5) is 0 Å². The van der Waals surface area contributed by atoms with Crippen LogP contribution in [0, 0.1) is 0 Å². The van der Waals surface area contributed by atoms with Gasteiger partial charge in [-0.3, -0.25) is 23.5 Å². The lowest BCUT2D eigenvalue weighted by Crippen LogP contribution is -2.41. The van der Waals surface area contributed by atoms with Crippen molar-refractivity contribution in [1.82, 2.24) is 14.5 Å². The number of rotatable bonds is 8. The minimum absolute atomic E-state index is 0.215. The molecule has 4 rings (SSSR count). The zero-order chi connectivity index (χ0) is 24.1. The first-order chi connectivity index (χ1) is 16.5. The van der Waals surface area contributed by atoms with Crippen molar-refractivity contribution in [2.45, 2.75) is 19.6 Å². The Kier molecular flexibility index (Phi) is 6.73. The summed E-state index contributed by atoms with van der Waals surface area (Å²) in [5.41, 5.74) is 2.32. The molecule has 0 saturated carbocycles. The molecular weight excluding hydrogens is 430 g/mol. The van der Waals surface area contributed by atoms with Gasteiger partial charge >= 0.3 is 11.1 Å². The van der Waals surface area contributed by atoms with Crippen LogP contribution in [-0.2, 0) is 19.6 Å². The topological polar surface area (TPSA) is 82.3 Å². The molecule has 1 N–H and O–H groups in total. The number of allylic oxidation sites excluding steroid dienone is 1. The van der Waals surface area contributed by atoms with Crippen molar-refractivity contribution in [3.8, 4) is 5.75 Å². The Bertz CT molecular complexity index is 1470. The Balaban J connectivity index is 1.55. The summed E-state index contributed by atoms with van der Waals surface area (Å²) < 4.78 is 8.21. The van der Waals surface area contributed by atoms with E-state index in [2.05, 4.69) is 11.9 Å². The second-order valence-corrected chi connectivity index (χ2v) is 7.78. The minimum Gasteiger partial charge on any atom is -0.496 e. The fraction of sp³-hybridized carbons (Fsp3) is 0.148. The molecule has 7 heteroatoms. The van der Waals surface area contributed by atoms with Crippen LogP contribution in [0.5, 0.6) is 5.75 Å². The Morgan fingerprint density at radius 1 is 0.912 bits per heavy atom. The fourth-order valence-electron chi connectivity index (χ4n) is 3.91. The van der Waals surface area contributed by atoms with E-state index in [1.165, 1.54) is 9.13 Å². The largest absolute Gasteiger partial charge is 0.496 e. The third-order valence-electron chi connectivity index (χ3n) is 5.64. The molecule has 0 aliphatic heterocycles. The number of carbonyl (C=O) groups excluding carboxylic acids is 1. The van der Waals surface area contributed by atoms with Crippen molar-refractivity contribution in [2.24, 2.45) is 0 Å². The highest BCUT2D eigenvalue weighted by atomic mass is 16.5. The maximum absolute atomic E-state index is 12.9. The molecule has 0 saturated heterocycles.